The van der Waals surface area contributed by atoms with Gasteiger partial charge in [-0.1, -0.05) is 11.3 Å². The highest BCUT2D eigenvalue weighted by molar-refractivity contribution is 7.11. The molecule has 0 radical (unpaired) electrons. The predicted octanol–water partition coefficient (Wildman–Crippen LogP) is -1.04. The van der Waals surface area contributed by atoms with Gasteiger partial charge in [-0.05, 0) is 16.4 Å². The van der Waals surface area contributed by atoms with Crippen LogP contribution < -0.4 is 21.1 Å². The highest BCUT2D eigenvalue weighted by atomic mass is 32.1. The van der Waals surface area contributed by atoms with Crippen LogP contribution in [0.1, 0.15) is 4.88 Å². The number of nitrogens with one attached hydrogen (secondary N) is 1. The van der Waals surface area contributed by atoms with Crippen LogP contribution in [-0.2, 0) is 4.79 Å². The maximum Gasteiger partial charge on any atom is 0.279 e. The molecule has 130 valence electrons. The van der Waals surface area contributed by atoms with Gasteiger partial charge in [-0.25, -0.2) is 14.2 Å². The molecule has 0 saturated heterocycles. The number of aromatic hydroxyl groups is 1. The third-order valence-electron chi connectivity index (χ3n) is 3.65. The SMILES string of the molecule is N=c1sc(C2=c3cc([N+](=O)[O-])ccc3=NC2=O)c(O)n1-c1nonc1N. The number of non-ortho nitro benzene ring substituents is 1. The quantitative estimate of drug-likeness (QED) is 0.383. The summed E-state index contributed by atoms with van der Waals surface area (Å²) in [6.07, 6.45) is 0. The number of carbonyl (C=O) groups excluding carboxylic acids is 1. The molecular weight excluding hydrogens is 366 g/mol. The molecule has 0 fully saturated rings. The van der Waals surface area contributed by atoms with Crippen LogP contribution in [0.4, 0.5) is 11.5 Å². The van der Waals surface area contributed by atoms with Crippen molar-refractivity contribution in [2.75, 3.05) is 5.73 Å². The normalized spacial score (nSPS) is 12.9. The van der Waals surface area contributed by atoms with Gasteiger partial charge in [-0.3, -0.25) is 20.3 Å². The molecule has 0 atom stereocenters. The Morgan fingerprint density at radius 1 is 1.38 bits per heavy atom. The van der Waals surface area contributed by atoms with Gasteiger partial charge in [0.2, 0.25) is 17.5 Å². The van der Waals surface area contributed by atoms with Crippen LogP contribution in [0.15, 0.2) is 27.8 Å². The highest BCUT2D eigenvalue weighted by Crippen LogP contribution is 2.31. The molecule has 3 heterocycles. The van der Waals surface area contributed by atoms with Gasteiger partial charge in [-0.2, -0.15) is 0 Å². The molecule has 26 heavy (non-hydrogen) atoms. The van der Waals surface area contributed by atoms with Gasteiger partial charge in [0.1, 0.15) is 4.88 Å². The molecule has 0 unspecified atom stereocenters. The first kappa shape index (κ1) is 15.6. The molecule has 1 aromatic carbocycles. The molecule has 0 aliphatic carbocycles. The van der Waals surface area contributed by atoms with Crippen molar-refractivity contribution in [3.8, 4) is 11.7 Å². The Hall–Kier alpha value is -3.87. The number of hydrogen-bond acceptors (Lipinski definition) is 10. The Labute approximate surface area is 145 Å². The third kappa shape index (κ3) is 2.11. The van der Waals surface area contributed by atoms with E-state index in [0.717, 1.165) is 15.9 Å². The zero-order chi connectivity index (χ0) is 18.6. The van der Waals surface area contributed by atoms with Gasteiger partial charge < -0.3 is 10.8 Å². The molecule has 0 spiro atoms. The number of fused-ring (bicyclic) bond motifs is 1. The second-order valence-electron chi connectivity index (χ2n) is 5.12. The van der Waals surface area contributed by atoms with Crippen molar-refractivity contribution >= 4 is 34.3 Å². The van der Waals surface area contributed by atoms with Crippen molar-refractivity contribution in [1.82, 2.24) is 14.9 Å². The lowest BCUT2D eigenvalue weighted by Crippen LogP contribution is -2.23. The summed E-state index contributed by atoms with van der Waals surface area (Å²) in [4.78, 5) is 26.3. The fourth-order valence-electron chi connectivity index (χ4n) is 2.53. The number of aromatic nitrogens is 3. The minimum atomic E-state index is -0.685. The zero-order valence-corrected chi connectivity index (χ0v) is 13.4. The Morgan fingerprint density at radius 3 is 2.81 bits per heavy atom. The number of amides is 1. The first-order valence-corrected chi connectivity index (χ1v) is 7.70. The molecule has 12 nitrogen and oxygen atoms in total. The van der Waals surface area contributed by atoms with Crippen molar-refractivity contribution in [3.63, 3.8) is 0 Å². The van der Waals surface area contributed by atoms with Crippen molar-refractivity contribution in [2.45, 2.75) is 0 Å². The van der Waals surface area contributed by atoms with E-state index in [9.17, 15) is 20.0 Å². The number of nitrogens with zero attached hydrogens (tertiary/aromatic N) is 5. The van der Waals surface area contributed by atoms with E-state index in [1.165, 1.54) is 18.2 Å². The van der Waals surface area contributed by atoms with E-state index < -0.39 is 16.7 Å². The lowest BCUT2D eigenvalue weighted by atomic mass is 10.1. The fraction of sp³-hybridized carbons (Fsp3) is 0. The Kier molecular flexibility index (Phi) is 3.20. The minimum Gasteiger partial charge on any atom is -0.493 e. The summed E-state index contributed by atoms with van der Waals surface area (Å²) in [5.41, 5.74) is 5.31. The van der Waals surface area contributed by atoms with Crippen LogP contribution in [0.2, 0.25) is 0 Å². The third-order valence-corrected chi connectivity index (χ3v) is 4.61. The summed E-state index contributed by atoms with van der Waals surface area (Å²) in [5.74, 6) is -1.46. The molecular formula is C13H7N7O5S. The largest absolute Gasteiger partial charge is 0.493 e. The molecule has 13 heteroatoms. The van der Waals surface area contributed by atoms with Gasteiger partial charge in [0.15, 0.2) is 4.80 Å². The Balaban J connectivity index is 2.04. The summed E-state index contributed by atoms with van der Waals surface area (Å²) < 4.78 is 5.41. The number of nitrogen functional groups attached to an aromatic ring is 1. The number of nitro benzene ring substituents is 1. The summed E-state index contributed by atoms with van der Waals surface area (Å²) in [6, 6.07) is 3.76. The monoisotopic (exact) mass is 373 g/mol. The van der Waals surface area contributed by atoms with E-state index in [0.29, 0.717) is 0 Å². The maximum atomic E-state index is 12.3. The second kappa shape index (κ2) is 5.32. The molecule has 2 aromatic heterocycles. The van der Waals surface area contributed by atoms with Crippen LogP contribution in [0, 0.1) is 15.5 Å². The van der Waals surface area contributed by atoms with Gasteiger partial charge >= 0.3 is 0 Å². The van der Waals surface area contributed by atoms with Crippen molar-refractivity contribution in [3.05, 3.63) is 48.6 Å². The number of rotatable bonds is 3. The number of benzene rings is 1. The maximum absolute atomic E-state index is 12.3. The lowest BCUT2D eigenvalue weighted by Gasteiger charge is -2.01. The van der Waals surface area contributed by atoms with Gasteiger partial charge in [0, 0.05) is 17.4 Å². The average molecular weight is 373 g/mol. The van der Waals surface area contributed by atoms with Crippen molar-refractivity contribution in [2.24, 2.45) is 4.99 Å². The first-order chi connectivity index (χ1) is 12.4. The summed E-state index contributed by atoms with van der Waals surface area (Å²) in [7, 11) is 0. The predicted molar refractivity (Wildman–Crippen MR) is 84.8 cm³/mol. The van der Waals surface area contributed by atoms with Crippen LogP contribution in [0.5, 0.6) is 5.88 Å². The van der Waals surface area contributed by atoms with E-state index in [4.69, 9.17) is 11.1 Å². The molecule has 0 saturated carbocycles. The van der Waals surface area contributed by atoms with Crippen molar-refractivity contribution < 1.29 is 19.5 Å². The fourth-order valence-corrected chi connectivity index (χ4v) is 3.47. The summed E-state index contributed by atoms with van der Waals surface area (Å²) in [5, 5.41) is 36.9. The van der Waals surface area contributed by atoms with E-state index in [1.54, 1.807) is 0 Å². The molecule has 0 bridgehead atoms. The van der Waals surface area contributed by atoms with Gasteiger partial charge in [-0.15, -0.1) is 0 Å². The molecule has 3 aromatic rings. The molecule has 4 N–H and O–H groups in total. The smallest absolute Gasteiger partial charge is 0.279 e. The second-order valence-corrected chi connectivity index (χ2v) is 6.12. The molecule has 1 amide bonds. The topological polar surface area (TPSA) is 187 Å². The van der Waals surface area contributed by atoms with Crippen LogP contribution in [-0.4, -0.2) is 30.8 Å². The summed E-state index contributed by atoms with van der Waals surface area (Å²) >= 11 is 0.754. The van der Waals surface area contributed by atoms with E-state index in [-0.39, 0.29) is 43.2 Å². The van der Waals surface area contributed by atoms with Crippen LogP contribution >= 0.6 is 11.3 Å². The lowest BCUT2D eigenvalue weighted by molar-refractivity contribution is -0.385. The molecule has 1 aliphatic heterocycles. The van der Waals surface area contributed by atoms with Crippen molar-refractivity contribution in [1.29, 1.82) is 5.41 Å². The number of nitrogens with two attached hydrogens (primary N) is 1. The molecule has 1 aliphatic rings. The van der Waals surface area contributed by atoms with Gasteiger partial charge in [0.25, 0.3) is 11.6 Å². The Bertz CT molecular complexity index is 1280. The highest BCUT2D eigenvalue weighted by Gasteiger charge is 2.28. The minimum absolute atomic E-state index is 0.00500. The van der Waals surface area contributed by atoms with Gasteiger partial charge in [0.05, 0.1) is 15.9 Å². The summed E-state index contributed by atoms with van der Waals surface area (Å²) in [6.45, 7) is 0. The standard InChI is InChI=1S/C13H7N7O5S/c14-9-10(18-25-17-9)19-12(22)8(26-13(19)15)7-5-3-4(20(23)24)1-2-6(5)16-11(7)21/h1-3,15,22H,(H2,14,17). The number of carbonyl (C=O) groups is 1. The Morgan fingerprint density at radius 2 is 2.15 bits per heavy atom. The molecule has 4 rings (SSSR count). The number of thiazole rings is 1. The van der Waals surface area contributed by atoms with Crippen LogP contribution in [0.25, 0.3) is 11.4 Å². The van der Waals surface area contributed by atoms with E-state index in [2.05, 4.69) is 19.9 Å². The van der Waals surface area contributed by atoms with E-state index in [1.807, 2.05) is 0 Å². The number of nitro groups is 1. The van der Waals surface area contributed by atoms with E-state index >= 15 is 0 Å². The number of hydrogen-bond donors (Lipinski definition) is 3. The number of anilines is 1. The average Bonchev–Trinajstić information content (AvgIpc) is 3.22. The zero-order valence-electron chi connectivity index (χ0n) is 12.5. The first-order valence-electron chi connectivity index (χ1n) is 6.88. The van der Waals surface area contributed by atoms with Crippen LogP contribution in [0.3, 0.4) is 0 Å².